The number of nitrogens with zero attached hydrogens (tertiary/aromatic N) is 1. The number of hydrogen-bond acceptors (Lipinski definition) is 3. The summed E-state index contributed by atoms with van der Waals surface area (Å²) in [7, 11) is 0. The zero-order valence-electron chi connectivity index (χ0n) is 10.4. The Morgan fingerprint density at radius 3 is 2.82 bits per heavy atom. The Morgan fingerprint density at radius 2 is 2.24 bits per heavy atom. The van der Waals surface area contributed by atoms with Crippen molar-refractivity contribution in [2.24, 2.45) is 0 Å². The first-order valence-corrected chi connectivity index (χ1v) is 6.57. The summed E-state index contributed by atoms with van der Waals surface area (Å²) in [4.78, 5) is 15.2. The molecule has 17 heavy (non-hydrogen) atoms. The highest BCUT2D eigenvalue weighted by Gasteiger charge is 2.29. The molecule has 96 valence electrons. The van der Waals surface area contributed by atoms with E-state index in [4.69, 9.17) is 0 Å². The Bertz CT molecular complexity index is 394. The molecule has 0 aromatic carbocycles. The summed E-state index contributed by atoms with van der Waals surface area (Å²) in [6.07, 6.45) is 0. The molecule has 2 atom stereocenters. The Kier molecular flexibility index (Phi) is 4.98. The van der Waals surface area contributed by atoms with E-state index < -0.39 is 0 Å². The highest BCUT2D eigenvalue weighted by molar-refractivity contribution is 7.12. The maximum absolute atomic E-state index is 12.3. The third-order valence-electron chi connectivity index (χ3n) is 3.35. The molecule has 1 aliphatic heterocycles. The molecule has 1 saturated heterocycles. The van der Waals surface area contributed by atoms with Crippen LogP contribution in [0.25, 0.3) is 0 Å². The number of carbonyl (C=O) groups is 1. The maximum Gasteiger partial charge on any atom is 0.264 e. The van der Waals surface area contributed by atoms with Crippen LogP contribution in [0, 0.1) is 6.92 Å². The predicted octanol–water partition coefficient (Wildman–Crippen LogP) is 2.30. The summed E-state index contributed by atoms with van der Waals surface area (Å²) in [5, 5.41) is 5.37. The number of nitrogens with one attached hydrogen (secondary N) is 1. The van der Waals surface area contributed by atoms with Crippen molar-refractivity contribution < 1.29 is 4.79 Å². The number of aryl methyl sites for hydroxylation is 1. The molecule has 0 aliphatic carbocycles. The van der Waals surface area contributed by atoms with E-state index in [0.717, 1.165) is 23.5 Å². The van der Waals surface area contributed by atoms with E-state index in [1.165, 1.54) is 0 Å². The van der Waals surface area contributed by atoms with E-state index in [-0.39, 0.29) is 24.4 Å². The third kappa shape index (κ3) is 2.81. The van der Waals surface area contributed by atoms with Crippen molar-refractivity contribution in [3.8, 4) is 0 Å². The van der Waals surface area contributed by atoms with E-state index in [1.54, 1.807) is 11.3 Å². The van der Waals surface area contributed by atoms with Gasteiger partial charge in [0.1, 0.15) is 0 Å². The van der Waals surface area contributed by atoms with Crippen LogP contribution in [0.5, 0.6) is 0 Å². The molecule has 1 fully saturated rings. The lowest BCUT2D eigenvalue weighted by atomic mass is 10.1. The van der Waals surface area contributed by atoms with Gasteiger partial charge in [0.05, 0.1) is 4.88 Å². The molecule has 1 N–H and O–H groups in total. The number of hydrogen-bond donors (Lipinski definition) is 1. The van der Waals surface area contributed by atoms with E-state index in [2.05, 4.69) is 19.2 Å². The molecule has 2 heterocycles. The molecular formula is C12H19ClN2OS. The molecule has 1 aliphatic rings. The van der Waals surface area contributed by atoms with Crippen LogP contribution < -0.4 is 5.32 Å². The first-order valence-electron chi connectivity index (χ1n) is 5.69. The van der Waals surface area contributed by atoms with Gasteiger partial charge in [-0.2, -0.15) is 0 Å². The summed E-state index contributed by atoms with van der Waals surface area (Å²) in [6.45, 7) is 7.94. The fourth-order valence-corrected chi connectivity index (χ4v) is 2.95. The van der Waals surface area contributed by atoms with Gasteiger partial charge in [0.15, 0.2) is 0 Å². The molecule has 0 spiro atoms. The van der Waals surface area contributed by atoms with Gasteiger partial charge in [-0.3, -0.25) is 4.79 Å². The fraction of sp³-hybridized carbons (Fsp3) is 0.583. The van der Waals surface area contributed by atoms with Gasteiger partial charge in [-0.15, -0.1) is 23.7 Å². The molecule has 1 amide bonds. The Labute approximate surface area is 113 Å². The largest absolute Gasteiger partial charge is 0.332 e. The van der Waals surface area contributed by atoms with Crippen LogP contribution >= 0.6 is 23.7 Å². The second-order valence-electron chi connectivity index (χ2n) is 4.41. The molecule has 2 rings (SSSR count). The van der Waals surface area contributed by atoms with Crippen molar-refractivity contribution in [3.63, 3.8) is 0 Å². The monoisotopic (exact) mass is 274 g/mol. The Hall–Kier alpha value is -0.580. The highest BCUT2D eigenvalue weighted by Crippen LogP contribution is 2.20. The number of piperazine rings is 1. The summed E-state index contributed by atoms with van der Waals surface area (Å²) in [5.41, 5.74) is 1.09. The lowest BCUT2D eigenvalue weighted by Crippen LogP contribution is -2.57. The maximum atomic E-state index is 12.3. The predicted molar refractivity (Wildman–Crippen MR) is 74.3 cm³/mol. The van der Waals surface area contributed by atoms with E-state index in [1.807, 2.05) is 23.3 Å². The van der Waals surface area contributed by atoms with Crippen LogP contribution in [0.3, 0.4) is 0 Å². The van der Waals surface area contributed by atoms with Gasteiger partial charge in [0.2, 0.25) is 0 Å². The molecule has 1 aromatic rings. The molecule has 0 saturated carbocycles. The van der Waals surface area contributed by atoms with Crippen molar-refractivity contribution in [2.75, 3.05) is 13.1 Å². The quantitative estimate of drug-likeness (QED) is 0.852. The minimum Gasteiger partial charge on any atom is -0.332 e. The zero-order chi connectivity index (χ0) is 11.7. The third-order valence-corrected chi connectivity index (χ3v) is 4.36. The molecule has 2 unspecified atom stereocenters. The smallest absolute Gasteiger partial charge is 0.264 e. The number of halogens is 1. The number of thiophene rings is 1. The number of rotatable bonds is 1. The average molecular weight is 275 g/mol. The second-order valence-corrected chi connectivity index (χ2v) is 5.33. The van der Waals surface area contributed by atoms with Gasteiger partial charge in [0, 0.05) is 25.2 Å². The van der Waals surface area contributed by atoms with Crippen LogP contribution in [0.1, 0.15) is 29.1 Å². The van der Waals surface area contributed by atoms with Crippen molar-refractivity contribution >= 4 is 29.7 Å². The van der Waals surface area contributed by atoms with Crippen LogP contribution in [0.15, 0.2) is 11.4 Å². The van der Waals surface area contributed by atoms with E-state index in [0.29, 0.717) is 6.04 Å². The average Bonchev–Trinajstić information content (AvgIpc) is 2.68. The van der Waals surface area contributed by atoms with Crippen molar-refractivity contribution in [2.45, 2.75) is 32.9 Å². The molecule has 1 aromatic heterocycles. The Morgan fingerprint density at radius 1 is 1.53 bits per heavy atom. The normalized spacial score (nSPS) is 24.3. The fourth-order valence-electron chi connectivity index (χ4n) is 2.07. The van der Waals surface area contributed by atoms with Gasteiger partial charge in [-0.1, -0.05) is 0 Å². The van der Waals surface area contributed by atoms with E-state index in [9.17, 15) is 4.79 Å². The standard InChI is InChI=1S/C12H18N2OS.ClH/c1-8-4-7-16-11(8)12(15)14-6-5-13-9(2)10(14)3;/h4,7,9-10,13H,5-6H2,1-3H3;1H. The van der Waals surface area contributed by atoms with Crippen LogP contribution in [0.4, 0.5) is 0 Å². The van der Waals surface area contributed by atoms with Crippen molar-refractivity contribution in [3.05, 3.63) is 21.9 Å². The molecule has 0 bridgehead atoms. The molecular weight excluding hydrogens is 256 g/mol. The van der Waals surface area contributed by atoms with Gasteiger partial charge >= 0.3 is 0 Å². The minimum atomic E-state index is 0. The summed E-state index contributed by atoms with van der Waals surface area (Å²) in [6, 6.07) is 2.65. The van der Waals surface area contributed by atoms with Crippen molar-refractivity contribution in [1.82, 2.24) is 10.2 Å². The topological polar surface area (TPSA) is 32.3 Å². The SMILES string of the molecule is Cc1ccsc1C(=O)N1CCNC(C)C1C.Cl. The van der Waals surface area contributed by atoms with Gasteiger partial charge < -0.3 is 10.2 Å². The highest BCUT2D eigenvalue weighted by atomic mass is 35.5. The zero-order valence-corrected chi connectivity index (χ0v) is 12.0. The first-order chi connectivity index (χ1) is 7.61. The van der Waals surface area contributed by atoms with Crippen LogP contribution in [-0.4, -0.2) is 36.0 Å². The number of carbonyl (C=O) groups excluding carboxylic acids is 1. The van der Waals surface area contributed by atoms with E-state index >= 15 is 0 Å². The van der Waals surface area contributed by atoms with Gasteiger partial charge in [-0.25, -0.2) is 0 Å². The van der Waals surface area contributed by atoms with Gasteiger partial charge in [-0.05, 0) is 37.8 Å². The van der Waals surface area contributed by atoms with Crippen LogP contribution in [0.2, 0.25) is 0 Å². The summed E-state index contributed by atoms with van der Waals surface area (Å²) < 4.78 is 0. The van der Waals surface area contributed by atoms with Crippen molar-refractivity contribution in [1.29, 1.82) is 0 Å². The molecule has 0 radical (unpaired) electrons. The van der Waals surface area contributed by atoms with Crippen LogP contribution in [-0.2, 0) is 0 Å². The summed E-state index contributed by atoms with van der Waals surface area (Å²) in [5.74, 6) is 0.188. The molecule has 5 heteroatoms. The first kappa shape index (κ1) is 14.5. The lowest BCUT2D eigenvalue weighted by molar-refractivity contribution is 0.0607. The second kappa shape index (κ2) is 5.85. The minimum absolute atomic E-state index is 0. The molecule has 3 nitrogen and oxygen atoms in total. The summed E-state index contributed by atoms with van der Waals surface area (Å²) >= 11 is 1.54. The lowest BCUT2D eigenvalue weighted by Gasteiger charge is -2.38. The Balaban J connectivity index is 0.00000144. The van der Waals surface area contributed by atoms with Gasteiger partial charge in [0.25, 0.3) is 5.91 Å². The number of amides is 1.